The van der Waals surface area contributed by atoms with Gasteiger partial charge in [-0.15, -0.1) is 0 Å². The third-order valence-corrected chi connectivity index (χ3v) is 12.9. The molecule has 0 amide bonds. The smallest absolute Gasteiger partial charge is 0.221 e. The van der Waals surface area contributed by atoms with E-state index < -0.39 is 8.07 Å². The van der Waals surface area contributed by atoms with E-state index in [-0.39, 0.29) is 0 Å². The molecule has 1 unspecified atom stereocenters. The van der Waals surface area contributed by atoms with E-state index in [1.54, 1.807) is 0 Å². The number of fused-ring (bicyclic) bond motifs is 5. The van der Waals surface area contributed by atoms with Crippen LogP contribution in [0.15, 0.2) is 134 Å². The summed E-state index contributed by atoms with van der Waals surface area (Å²) in [4.78, 5) is 9.94. The van der Waals surface area contributed by atoms with Gasteiger partial charge in [0.05, 0.1) is 27.8 Å². The lowest BCUT2D eigenvalue weighted by molar-refractivity contribution is 0.881. The number of rotatable bonds is 5. The molecule has 0 aliphatic carbocycles. The predicted molar refractivity (Wildman–Crippen MR) is 173 cm³/mol. The second-order valence-corrected chi connectivity index (χ2v) is 14.9. The van der Waals surface area contributed by atoms with Crippen molar-refractivity contribution in [3.8, 4) is 11.5 Å². The summed E-state index contributed by atoms with van der Waals surface area (Å²) in [6, 6.07) is 41.1. The fraction of sp³-hybridized carbons (Fsp3) is 0.0571. The Morgan fingerprint density at radius 3 is 2.26 bits per heavy atom. The lowest BCUT2D eigenvalue weighted by atomic mass is 10.2. The van der Waals surface area contributed by atoms with Crippen LogP contribution in [0, 0.1) is 6.92 Å². The average molecular weight is 561 g/mol. The highest BCUT2D eigenvalue weighted by molar-refractivity contribution is 7.10. The third-order valence-electron chi connectivity index (χ3n) is 8.53. The van der Waals surface area contributed by atoms with E-state index in [2.05, 4.69) is 125 Å². The largest absolute Gasteiger partial charge is 0.276 e. The molecule has 4 aromatic heterocycles. The van der Waals surface area contributed by atoms with Crippen LogP contribution in [0.3, 0.4) is 0 Å². The second-order valence-electron chi connectivity index (χ2n) is 10.9. The number of para-hydroxylation sites is 1. The van der Waals surface area contributed by atoms with Gasteiger partial charge < -0.3 is 0 Å². The van der Waals surface area contributed by atoms with Crippen molar-refractivity contribution in [2.45, 2.75) is 13.5 Å². The summed E-state index contributed by atoms with van der Waals surface area (Å²) in [6.45, 7) is 4.57. The molecule has 0 N–H and O–H groups in total. The SMILES string of the molecule is Cc1cccc2c1nc1n(-c3ccccn3)c3cc([Si](C)(c4ccccc4)c4cccc(-n5cccn5)c4)ccc3n21. The van der Waals surface area contributed by atoms with Gasteiger partial charge in [0.1, 0.15) is 13.9 Å². The van der Waals surface area contributed by atoms with Gasteiger partial charge in [0.2, 0.25) is 5.78 Å². The first kappa shape index (κ1) is 24.5. The Labute approximate surface area is 244 Å². The quantitative estimate of drug-likeness (QED) is 0.209. The van der Waals surface area contributed by atoms with Gasteiger partial charge in [0.25, 0.3) is 0 Å². The van der Waals surface area contributed by atoms with Crippen LogP contribution in [0.1, 0.15) is 5.56 Å². The molecule has 42 heavy (non-hydrogen) atoms. The zero-order chi connectivity index (χ0) is 28.3. The van der Waals surface area contributed by atoms with E-state index in [0.29, 0.717) is 0 Å². The van der Waals surface area contributed by atoms with Crippen LogP contribution in [0.4, 0.5) is 0 Å². The number of imidazole rings is 2. The Bertz CT molecular complexity index is 2220. The topological polar surface area (TPSA) is 52.9 Å². The summed E-state index contributed by atoms with van der Waals surface area (Å²) in [5.41, 5.74) is 6.55. The summed E-state index contributed by atoms with van der Waals surface area (Å²) in [6.07, 6.45) is 5.66. The van der Waals surface area contributed by atoms with Crippen LogP contribution in [0.25, 0.3) is 39.3 Å². The van der Waals surface area contributed by atoms with Crippen molar-refractivity contribution in [1.82, 2.24) is 28.7 Å². The molecule has 4 aromatic carbocycles. The Morgan fingerprint density at radius 1 is 0.643 bits per heavy atom. The summed E-state index contributed by atoms with van der Waals surface area (Å²) in [5.74, 6) is 1.72. The highest BCUT2D eigenvalue weighted by atomic mass is 28.3. The first-order valence-corrected chi connectivity index (χ1v) is 16.6. The molecule has 0 spiro atoms. The molecule has 0 fully saturated rings. The molecule has 8 aromatic rings. The zero-order valence-electron chi connectivity index (χ0n) is 23.4. The molecular formula is C35H28N6Si. The predicted octanol–water partition coefficient (Wildman–Crippen LogP) is 5.42. The van der Waals surface area contributed by atoms with Crippen LogP contribution in [-0.4, -0.2) is 36.8 Å². The fourth-order valence-corrected chi connectivity index (χ4v) is 9.86. The highest BCUT2D eigenvalue weighted by Crippen LogP contribution is 2.30. The lowest BCUT2D eigenvalue weighted by Gasteiger charge is -2.30. The Morgan fingerprint density at radius 2 is 1.45 bits per heavy atom. The van der Waals surface area contributed by atoms with Crippen LogP contribution >= 0.6 is 0 Å². The molecule has 7 heteroatoms. The number of hydrogen-bond donors (Lipinski definition) is 0. The molecule has 8 rings (SSSR count). The minimum Gasteiger partial charge on any atom is -0.276 e. The minimum absolute atomic E-state index is 0.853. The van der Waals surface area contributed by atoms with Crippen LogP contribution < -0.4 is 15.6 Å². The van der Waals surface area contributed by atoms with Gasteiger partial charge in [-0.3, -0.25) is 8.97 Å². The zero-order valence-corrected chi connectivity index (χ0v) is 24.4. The number of hydrogen-bond acceptors (Lipinski definition) is 3. The van der Waals surface area contributed by atoms with Crippen molar-refractivity contribution >= 4 is 51.5 Å². The van der Waals surface area contributed by atoms with Crippen LogP contribution in [-0.2, 0) is 0 Å². The van der Waals surface area contributed by atoms with E-state index in [1.165, 1.54) is 15.6 Å². The van der Waals surface area contributed by atoms with Gasteiger partial charge in [-0.25, -0.2) is 14.6 Å². The van der Waals surface area contributed by atoms with Crippen molar-refractivity contribution in [2.75, 3.05) is 0 Å². The van der Waals surface area contributed by atoms with E-state index in [9.17, 15) is 0 Å². The fourth-order valence-electron chi connectivity index (χ4n) is 6.29. The molecular weight excluding hydrogens is 533 g/mol. The summed E-state index contributed by atoms with van der Waals surface area (Å²) in [5, 5.41) is 8.49. The molecule has 0 radical (unpaired) electrons. The first-order chi connectivity index (χ1) is 20.6. The van der Waals surface area contributed by atoms with Gasteiger partial charge >= 0.3 is 0 Å². The van der Waals surface area contributed by atoms with E-state index >= 15 is 0 Å². The molecule has 0 aliphatic heterocycles. The Balaban J connectivity index is 1.44. The average Bonchev–Trinajstić information content (AvgIpc) is 3.78. The van der Waals surface area contributed by atoms with Gasteiger partial charge in [0, 0.05) is 18.6 Å². The van der Waals surface area contributed by atoms with Crippen molar-refractivity contribution in [3.63, 3.8) is 0 Å². The van der Waals surface area contributed by atoms with Gasteiger partial charge in [0.15, 0.2) is 0 Å². The molecule has 0 aliphatic rings. The number of nitrogens with zero attached hydrogens (tertiary/aromatic N) is 6. The van der Waals surface area contributed by atoms with Crippen molar-refractivity contribution in [2.24, 2.45) is 0 Å². The molecule has 202 valence electrons. The second kappa shape index (κ2) is 9.39. The van der Waals surface area contributed by atoms with Crippen molar-refractivity contribution in [1.29, 1.82) is 0 Å². The molecule has 0 bridgehead atoms. The van der Waals surface area contributed by atoms with Crippen molar-refractivity contribution in [3.05, 3.63) is 139 Å². The molecule has 4 heterocycles. The summed E-state index contributed by atoms with van der Waals surface area (Å²) >= 11 is 0. The number of benzene rings is 4. The highest BCUT2D eigenvalue weighted by Gasteiger charge is 2.35. The summed E-state index contributed by atoms with van der Waals surface area (Å²) in [7, 11) is -2.46. The molecule has 0 saturated heterocycles. The maximum absolute atomic E-state index is 5.16. The standard InChI is InChI=1S/C35H28N6Si/c1-25-11-8-16-31-34(25)38-35-40(31)30-19-18-29(24-32(30)41(35)33-17-6-7-20-36-33)42(2,27-13-4-3-5-14-27)28-15-9-12-26(23-28)39-22-10-21-37-39/h3-24H,1-2H3. The number of aryl methyl sites for hydroxylation is 1. The van der Waals surface area contributed by atoms with Crippen LogP contribution in [0.2, 0.25) is 6.55 Å². The monoisotopic (exact) mass is 560 g/mol. The normalized spacial score (nSPS) is 13.2. The Hall–Kier alpha value is -5.27. The van der Waals surface area contributed by atoms with Gasteiger partial charge in [-0.05, 0) is 76.6 Å². The molecule has 6 nitrogen and oxygen atoms in total. The van der Waals surface area contributed by atoms with E-state index in [4.69, 9.17) is 9.97 Å². The maximum Gasteiger partial charge on any atom is 0.221 e. The van der Waals surface area contributed by atoms with Crippen molar-refractivity contribution < 1.29 is 0 Å². The summed E-state index contributed by atoms with van der Waals surface area (Å²) < 4.78 is 6.41. The first-order valence-electron chi connectivity index (χ1n) is 14.1. The molecule has 0 saturated carbocycles. The van der Waals surface area contributed by atoms with Crippen LogP contribution in [0.5, 0.6) is 0 Å². The van der Waals surface area contributed by atoms with Gasteiger partial charge in [-0.2, -0.15) is 5.10 Å². The third kappa shape index (κ3) is 3.60. The molecule has 1 atom stereocenters. The number of pyridine rings is 1. The number of aromatic nitrogens is 6. The lowest BCUT2D eigenvalue weighted by Crippen LogP contribution is -2.64. The maximum atomic E-state index is 5.16. The van der Waals surface area contributed by atoms with Gasteiger partial charge in [-0.1, -0.05) is 73.3 Å². The Kier molecular flexibility index (Phi) is 5.48. The van der Waals surface area contributed by atoms with E-state index in [1.807, 2.05) is 41.5 Å². The van der Waals surface area contributed by atoms with E-state index in [0.717, 1.165) is 44.9 Å². The minimum atomic E-state index is -2.46.